The Kier molecular flexibility index (Phi) is 13.1. The van der Waals surface area contributed by atoms with E-state index in [1.54, 1.807) is 0 Å². The highest BCUT2D eigenvalue weighted by Crippen LogP contribution is 1.94. The summed E-state index contributed by atoms with van der Waals surface area (Å²) in [4.78, 5) is 0. The summed E-state index contributed by atoms with van der Waals surface area (Å²) in [6.45, 7) is 14.3. The van der Waals surface area contributed by atoms with Crippen LogP contribution in [0.5, 0.6) is 0 Å². The molecule has 1 atom stereocenters. The van der Waals surface area contributed by atoms with E-state index < -0.39 is 0 Å². The molecular formula is C10H25NO. The third kappa shape index (κ3) is 12.6. The summed E-state index contributed by atoms with van der Waals surface area (Å²) in [5, 5.41) is 3.23. The van der Waals surface area contributed by atoms with Crippen LogP contribution in [0.1, 0.15) is 41.5 Å². The second kappa shape index (κ2) is 10.9. The van der Waals surface area contributed by atoms with Crippen molar-refractivity contribution in [3.63, 3.8) is 0 Å². The number of nitrogens with one attached hydrogen (secondary N) is 1. The molecule has 2 heteroatoms. The van der Waals surface area contributed by atoms with Gasteiger partial charge in [-0.15, -0.1) is 0 Å². The average molecular weight is 175 g/mol. The predicted molar refractivity (Wildman–Crippen MR) is 55.6 cm³/mol. The van der Waals surface area contributed by atoms with Crippen LogP contribution in [0.15, 0.2) is 0 Å². The summed E-state index contributed by atoms with van der Waals surface area (Å²) in [5.74, 6) is 0. The van der Waals surface area contributed by atoms with Gasteiger partial charge in [-0.05, 0) is 27.3 Å². The highest BCUT2D eigenvalue weighted by molar-refractivity contribution is 4.54. The molecule has 0 aromatic heterocycles. The fraction of sp³-hybridized carbons (Fsp3) is 1.00. The zero-order valence-corrected chi connectivity index (χ0v) is 9.48. The van der Waals surface area contributed by atoms with Crippen LogP contribution in [0.3, 0.4) is 0 Å². The Morgan fingerprint density at radius 1 is 1.17 bits per heavy atom. The summed E-state index contributed by atoms with van der Waals surface area (Å²) < 4.78 is 5.49. The molecule has 1 N–H and O–H groups in total. The van der Waals surface area contributed by atoms with Gasteiger partial charge in [0.1, 0.15) is 0 Å². The summed E-state index contributed by atoms with van der Waals surface area (Å²) in [7, 11) is 0. The number of likely N-dealkylation sites (N-methyl/N-ethyl adjacent to an activating group) is 1. The van der Waals surface area contributed by atoms with E-state index in [-0.39, 0.29) is 0 Å². The molecule has 2 nitrogen and oxygen atoms in total. The van der Waals surface area contributed by atoms with Crippen LogP contribution in [0.25, 0.3) is 0 Å². The van der Waals surface area contributed by atoms with Crippen molar-refractivity contribution in [2.45, 2.75) is 53.8 Å². The van der Waals surface area contributed by atoms with Crippen LogP contribution in [0.4, 0.5) is 0 Å². The smallest absolute Gasteiger partial charge is 0.0674 e. The van der Waals surface area contributed by atoms with Crippen LogP contribution >= 0.6 is 0 Å². The minimum Gasteiger partial charge on any atom is -0.375 e. The van der Waals surface area contributed by atoms with E-state index in [1.807, 2.05) is 13.8 Å². The van der Waals surface area contributed by atoms with Crippen LogP contribution in [0, 0.1) is 0 Å². The molecule has 0 rings (SSSR count). The fourth-order valence-corrected chi connectivity index (χ4v) is 0.860. The highest BCUT2D eigenvalue weighted by Gasteiger charge is 2.01. The van der Waals surface area contributed by atoms with Gasteiger partial charge in [-0.1, -0.05) is 20.8 Å². The Balaban J connectivity index is 0. The summed E-state index contributed by atoms with van der Waals surface area (Å²) in [6, 6.07) is 0. The van der Waals surface area contributed by atoms with E-state index >= 15 is 0 Å². The Bertz CT molecular complexity index is 74.2. The minimum atomic E-state index is 0.333. The van der Waals surface area contributed by atoms with Crippen molar-refractivity contribution in [3.8, 4) is 0 Å². The van der Waals surface area contributed by atoms with Crippen LogP contribution in [-0.4, -0.2) is 25.3 Å². The molecule has 0 saturated carbocycles. The van der Waals surface area contributed by atoms with Crippen molar-refractivity contribution in [2.75, 3.05) is 13.1 Å². The lowest BCUT2D eigenvalue weighted by Gasteiger charge is -2.15. The van der Waals surface area contributed by atoms with Crippen molar-refractivity contribution in [2.24, 2.45) is 0 Å². The van der Waals surface area contributed by atoms with Gasteiger partial charge in [-0.2, -0.15) is 0 Å². The van der Waals surface area contributed by atoms with E-state index in [1.165, 1.54) is 0 Å². The Morgan fingerprint density at radius 2 is 1.67 bits per heavy atom. The van der Waals surface area contributed by atoms with Crippen molar-refractivity contribution in [3.05, 3.63) is 0 Å². The van der Waals surface area contributed by atoms with Crippen molar-refractivity contribution in [1.82, 2.24) is 5.32 Å². The lowest BCUT2D eigenvalue weighted by Crippen LogP contribution is -2.28. The van der Waals surface area contributed by atoms with Gasteiger partial charge >= 0.3 is 0 Å². The quantitative estimate of drug-likeness (QED) is 0.693. The number of hydrogen-bond donors (Lipinski definition) is 1. The predicted octanol–water partition coefficient (Wildman–Crippen LogP) is 2.44. The normalized spacial score (nSPS) is 12.2. The SMILES string of the molecule is CC.CCNCC(C)OC(C)C. The average Bonchev–Trinajstić information content (AvgIpc) is 2.03. The van der Waals surface area contributed by atoms with E-state index in [2.05, 4.69) is 33.0 Å². The lowest BCUT2D eigenvalue weighted by molar-refractivity contribution is 0.0199. The highest BCUT2D eigenvalue weighted by atomic mass is 16.5. The van der Waals surface area contributed by atoms with Crippen LogP contribution in [0.2, 0.25) is 0 Å². The molecule has 0 heterocycles. The molecule has 0 saturated heterocycles. The molecule has 0 aliphatic rings. The molecule has 0 aliphatic carbocycles. The molecule has 0 aromatic rings. The molecule has 0 aromatic carbocycles. The maximum Gasteiger partial charge on any atom is 0.0674 e. The molecule has 76 valence electrons. The van der Waals surface area contributed by atoms with E-state index in [0.717, 1.165) is 13.1 Å². The Morgan fingerprint density at radius 3 is 2.00 bits per heavy atom. The van der Waals surface area contributed by atoms with E-state index in [9.17, 15) is 0 Å². The molecule has 0 radical (unpaired) electrons. The van der Waals surface area contributed by atoms with Gasteiger partial charge < -0.3 is 10.1 Å². The molecule has 0 bridgehead atoms. The number of ether oxygens (including phenoxy) is 1. The zero-order chi connectivity index (χ0) is 9.98. The van der Waals surface area contributed by atoms with Crippen LogP contribution < -0.4 is 5.32 Å². The van der Waals surface area contributed by atoms with Crippen LogP contribution in [-0.2, 0) is 4.74 Å². The van der Waals surface area contributed by atoms with E-state index in [4.69, 9.17) is 4.74 Å². The molecule has 1 unspecified atom stereocenters. The monoisotopic (exact) mass is 175 g/mol. The molecule has 0 fully saturated rings. The van der Waals surface area contributed by atoms with Gasteiger partial charge in [0.25, 0.3) is 0 Å². The molecule has 0 amide bonds. The van der Waals surface area contributed by atoms with Crippen molar-refractivity contribution < 1.29 is 4.74 Å². The first kappa shape index (κ1) is 14.4. The maximum absolute atomic E-state index is 5.49. The first-order chi connectivity index (χ1) is 5.66. The first-order valence-electron chi connectivity index (χ1n) is 5.03. The third-order valence-corrected chi connectivity index (χ3v) is 1.19. The standard InChI is InChI=1S/C8H19NO.C2H6/c1-5-9-6-8(4)10-7(2)3;1-2/h7-9H,5-6H2,1-4H3;1-2H3. The Hall–Kier alpha value is -0.0800. The molecule has 12 heavy (non-hydrogen) atoms. The first-order valence-corrected chi connectivity index (χ1v) is 5.03. The lowest BCUT2D eigenvalue weighted by atomic mass is 10.3. The topological polar surface area (TPSA) is 21.3 Å². The van der Waals surface area contributed by atoms with Gasteiger partial charge in [-0.25, -0.2) is 0 Å². The third-order valence-electron chi connectivity index (χ3n) is 1.19. The molecule has 0 spiro atoms. The summed E-state index contributed by atoms with van der Waals surface area (Å²) in [6.07, 6.45) is 0.675. The summed E-state index contributed by atoms with van der Waals surface area (Å²) in [5.41, 5.74) is 0. The Labute approximate surface area is 77.7 Å². The van der Waals surface area contributed by atoms with Gasteiger partial charge in [0.15, 0.2) is 0 Å². The van der Waals surface area contributed by atoms with Crippen molar-refractivity contribution in [1.29, 1.82) is 0 Å². The summed E-state index contributed by atoms with van der Waals surface area (Å²) >= 11 is 0. The second-order valence-electron chi connectivity index (χ2n) is 2.80. The van der Waals surface area contributed by atoms with Gasteiger partial charge in [0, 0.05) is 6.54 Å². The minimum absolute atomic E-state index is 0.333. The van der Waals surface area contributed by atoms with E-state index in [0.29, 0.717) is 12.2 Å². The van der Waals surface area contributed by atoms with Gasteiger partial charge in [-0.3, -0.25) is 0 Å². The number of hydrogen-bond acceptors (Lipinski definition) is 2. The zero-order valence-electron chi connectivity index (χ0n) is 9.48. The van der Waals surface area contributed by atoms with Gasteiger partial charge in [0.05, 0.1) is 12.2 Å². The fourth-order valence-electron chi connectivity index (χ4n) is 0.860. The maximum atomic E-state index is 5.49. The van der Waals surface area contributed by atoms with Crippen molar-refractivity contribution >= 4 is 0 Å². The largest absolute Gasteiger partial charge is 0.375 e. The second-order valence-corrected chi connectivity index (χ2v) is 2.80. The molecular weight excluding hydrogens is 150 g/mol. The molecule has 0 aliphatic heterocycles. The number of rotatable bonds is 5. The van der Waals surface area contributed by atoms with Gasteiger partial charge in [0.2, 0.25) is 0 Å².